The van der Waals surface area contributed by atoms with Gasteiger partial charge in [0.15, 0.2) is 9.84 Å². The van der Waals surface area contributed by atoms with Gasteiger partial charge in [-0.05, 0) is 36.6 Å². The second-order valence-corrected chi connectivity index (χ2v) is 8.36. The van der Waals surface area contributed by atoms with E-state index in [0.717, 1.165) is 34.2 Å². The minimum absolute atomic E-state index is 0. The molecule has 8 heteroatoms. The number of benzene rings is 1. The van der Waals surface area contributed by atoms with Crippen LogP contribution in [0.15, 0.2) is 65.6 Å². The number of sulfone groups is 1. The van der Waals surface area contributed by atoms with Crippen molar-refractivity contribution in [2.45, 2.75) is 12.8 Å². The van der Waals surface area contributed by atoms with E-state index in [2.05, 4.69) is 15.0 Å². The largest absolute Gasteiger partial charge is 0.361 e. The number of halogens is 2. The highest BCUT2D eigenvalue weighted by atomic mass is 35.5. The summed E-state index contributed by atoms with van der Waals surface area (Å²) >= 11 is 0. The Balaban J connectivity index is 0.00000140. The number of nitrogens with zero attached hydrogens (tertiary/aromatic N) is 2. The zero-order valence-electron chi connectivity index (χ0n) is 15.3. The highest BCUT2D eigenvalue weighted by Gasteiger charge is 2.27. The number of pyridine rings is 1. The van der Waals surface area contributed by atoms with Crippen molar-refractivity contribution in [1.82, 2.24) is 9.97 Å². The van der Waals surface area contributed by atoms with Crippen molar-refractivity contribution in [1.29, 1.82) is 0 Å². The number of rotatable bonds is 3. The molecule has 1 aliphatic rings. The fraction of sp³-hybridized carbons (Fsp3) is 0.200. The second kappa shape index (κ2) is 8.90. The fourth-order valence-corrected chi connectivity index (χ4v) is 4.71. The average molecular weight is 438 g/mol. The van der Waals surface area contributed by atoms with Crippen LogP contribution in [0.4, 0.5) is 0 Å². The molecule has 148 valence electrons. The molecule has 0 atom stereocenters. The van der Waals surface area contributed by atoms with E-state index >= 15 is 0 Å². The predicted molar refractivity (Wildman–Crippen MR) is 119 cm³/mol. The van der Waals surface area contributed by atoms with E-state index in [-0.39, 0.29) is 24.8 Å². The molecule has 0 radical (unpaired) electrons. The second-order valence-electron chi connectivity index (χ2n) is 6.40. The van der Waals surface area contributed by atoms with E-state index in [1.165, 1.54) is 6.26 Å². The van der Waals surface area contributed by atoms with Gasteiger partial charge in [-0.25, -0.2) is 8.42 Å². The third-order valence-electron chi connectivity index (χ3n) is 4.55. The Morgan fingerprint density at radius 2 is 1.89 bits per heavy atom. The highest BCUT2D eigenvalue weighted by molar-refractivity contribution is 8.00. The lowest BCUT2D eigenvalue weighted by molar-refractivity contribution is 0.611. The van der Waals surface area contributed by atoms with Crippen LogP contribution in [0.25, 0.3) is 15.8 Å². The SMILES string of the molecule is CS(=O)(=O)C(=C1CCCN=C1c1cccnc1)c1c[nH]c2ccccc12.Cl.Cl. The van der Waals surface area contributed by atoms with Crippen LogP contribution >= 0.6 is 24.8 Å². The zero-order chi connectivity index (χ0) is 18.1. The molecule has 28 heavy (non-hydrogen) atoms. The van der Waals surface area contributed by atoms with Crippen molar-refractivity contribution >= 4 is 56.2 Å². The maximum atomic E-state index is 12.8. The Morgan fingerprint density at radius 3 is 2.61 bits per heavy atom. The Labute approximate surface area is 176 Å². The number of hydrogen-bond acceptors (Lipinski definition) is 4. The summed E-state index contributed by atoms with van der Waals surface area (Å²) in [6, 6.07) is 11.5. The van der Waals surface area contributed by atoms with Crippen LogP contribution in [0.3, 0.4) is 0 Å². The van der Waals surface area contributed by atoms with Crippen LogP contribution in [0.5, 0.6) is 0 Å². The lowest BCUT2D eigenvalue weighted by Crippen LogP contribution is -2.17. The number of aromatic nitrogens is 2. The van der Waals surface area contributed by atoms with E-state index in [4.69, 9.17) is 0 Å². The molecule has 5 nitrogen and oxygen atoms in total. The van der Waals surface area contributed by atoms with Gasteiger partial charge in [0.2, 0.25) is 0 Å². The quantitative estimate of drug-likeness (QED) is 0.657. The molecule has 0 amide bonds. The Morgan fingerprint density at radius 1 is 1.11 bits per heavy atom. The topological polar surface area (TPSA) is 75.2 Å². The van der Waals surface area contributed by atoms with E-state index in [0.29, 0.717) is 23.4 Å². The van der Waals surface area contributed by atoms with Gasteiger partial charge in [-0.2, -0.15) is 0 Å². The smallest absolute Gasteiger partial charge is 0.176 e. The van der Waals surface area contributed by atoms with Gasteiger partial charge in [0.1, 0.15) is 0 Å². The molecule has 0 fully saturated rings. The molecular formula is C20H21Cl2N3O2S. The Kier molecular flexibility index (Phi) is 7.04. The van der Waals surface area contributed by atoms with Crippen molar-refractivity contribution in [3.05, 3.63) is 71.7 Å². The number of allylic oxidation sites excluding steroid dienone is 1. The molecule has 0 aliphatic carbocycles. The van der Waals surface area contributed by atoms with Gasteiger partial charge in [-0.1, -0.05) is 18.2 Å². The van der Waals surface area contributed by atoms with Crippen LogP contribution in [0, 0.1) is 0 Å². The van der Waals surface area contributed by atoms with Crippen LogP contribution < -0.4 is 0 Å². The van der Waals surface area contributed by atoms with E-state index < -0.39 is 9.84 Å². The van der Waals surface area contributed by atoms with Gasteiger partial charge in [0, 0.05) is 53.4 Å². The van der Waals surface area contributed by atoms with Gasteiger partial charge in [0.25, 0.3) is 0 Å². The Hall–Kier alpha value is -2.15. The summed E-state index contributed by atoms with van der Waals surface area (Å²) in [5.41, 5.74) is 3.98. The van der Waals surface area contributed by atoms with Crippen LogP contribution in [0.1, 0.15) is 24.0 Å². The number of aliphatic imine (C=N–C) groups is 1. The molecule has 0 unspecified atom stereocenters. The maximum absolute atomic E-state index is 12.8. The lowest BCUT2D eigenvalue weighted by Gasteiger charge is -2.20. The van der Waals surface area contributed by atoms with E-state index in [1.807, 2.05) is 36.4 Å². The monoisotopic (exact) mass is 437 g/mol. The molecule has 4 rings (SSSR count). The Bertz CT molecular complexity index is 1140. The van der Waals surface area contributed by atoms with Crippen molar-refractivity contribution in [3.8, 4) is 0 Å². The van der Waals surface area contributed by atoms with Crippen molar-refractivity contribution in [2.75, 3.05) is 12.8 Å². The predicted octanol–water partition coefficient (Wildman–Crippen LogP) is 4.45. The van der Waals surface area contributed by atoms with Gasteiger partial charge >= 0.3 is 0 Å². The first-order chi connectivity index (χ1) is 12.6. The van der Waals surface area contributed by atoms with Crippen LogP contribution in [-0.2, 0) is 9.84 Å². The number of H-pyrrole nitrogens is 1. The minimum Gasteiger partial charge on any atom is -0.361 e. The molecule has 2 aromatic heterocycles. The molecule has 3 heterocycles. The standard InChI is InChI=1S/C20H19N3O2S.2ClH/c1-26(24,25)20(17-13-23-18-9-3-2-7-15(17)18)16-8-5-11-22-19(16)14-6-4-10-21-12-14;;/h2-4,6-7,9-10,12-13,23H,5,8,11H2,1H3;2*1H. The molecule has 0 bridgehead atoms. The summed E-state index contributed by atoms with van der Waals surface area (Å²) in [5.74, 6) is 0. The molecular weight excluding hydrogens is 417 g/mol. The normalized spacial score (nSPS) is 16.0. The van der Waals surface area contributed by atoms with E-state index in [9.17, 15) is 8.42 Å². The highest BCUT2D eigenvalue weighted by Crippen LogP contribution is 2.35. The first-order valence-corrected chi connectivity index (χ1v) is 10.4. The van der Waals surface area contributed by atoms with Gasteiger partial charge < -0.3 is 4.98 Å². The minimum atomic E-state index is -3.46. The number of fused-ring (bicyclic) bond motifs is 1. The van der Waals surface area contributed by atoms with Gasteiger partial charge in [0.05, 0.1) is 10.6 Å². The summed E-state index contributed by atoms with van der Waals surface area (Å²) in [6.07, 6.45) is 8.00. The van der Waals surface area contributed by atoms with Crippen LogP contribution in [0.2, 0.25) is 0 Å². The molecule has 1 N–H and O–H groups in total. The summed E-state index contributed by atoms with van der Waals surface area (Å²) in [5, 5.41) is 0.900. The van der Waals surface area contributed by atoms with Gasteiger partial charge in [-0.3, -0.25) is 9.98 Å². The first kappa shape index (κ1) is 22.1. The molecule has 0 spiro atoms. The summed E-state index contributed by atoms with van der Waals surface area (Å²) < 4.78 is 25.6. The zero-order valence-corrected chi connectivity index (χ0v) is 17.7. The first-order valence-electron chi connectivity index (χ1n) is 8.50. The number of nitrogens with one attached hydrogen (secondary N) is 1. The fourth-order valence-electron chi connectivity index (χ4n) is 3.50. The number of hydrogen-bond donors (Lipinski definition) is 1. The average Bonchev–Trinajstić information content (AvgIpc) is 3.06. The van der Waals surface area contributed by atoms with Crippen LogP contribution in [-0.4, -0.2) is 36.9 Å². The number of aromatic amines is 1. The third-order valence-corrected chi connectivity index (χ3v) is 5.76. The number of para-hydroxylation sites is 1. The summed E-state index contributed by atoms with van der Waals surface area (Å²) in [4.78, 5) is 12.4. The molecule has 3 aromatic rings. The van der Waals surface area contributed by atoms with E-state index in [1.54, 1.807) is 18.6 Å². The van der Waals surface area contributed by atoms with Crippen molar-refractivity contribution in [3.63, 3.8) is 0 Å². The summed E-state index contributed by atoms with van der Waals surface area (Å²) in [6.45, 7) is 0.693. The molecule has 0 saturated carbocycles. The maximum Gasteiger partial charge on any atom is 0.176 e. The van der Waals surface area contributed by atoms with Crippen molar-refractivity contribution in [2.24, 2.45) is 4.99 Å². The molecule has 1 aliphatic heterocycles. The van der Waals surface area contributed by atoms with Crippen molar-refractivity contribution < 1.29 is 8.42 Å². The lowest BCUT2D eigenvalue weighted by atomic mass is 9.94. The molecule has 0 saturated heterocycles. The third kappa shape index (κ3) is 4.14. The molecule has 1 aromatic carbocycles. The van der Waals surface area contributed by atoms with Gasteiger partial charge in [-0.15, -0.1) is 24.8 Å². The summed E-state index contributed by atoms with van der Waals surface area (Å²) in [7, 11) is -3.46.